The lowest BCUT2D eigenvalue weighted by Crippen LogP contribution is -2.48. The number of aryl methyl sites for hydroxylation is 2. The first kappa shape index (κ1) is 21.5. The normalized spacial score (nSPS) is 14.7. The lowest BCUT2D eigenvalue weighted by molar-refractivity contribution is 0.0638. The molecule has 1 saturated heterocycles. The summed E-state index contributed by atoms with van der Waals surface area (Å²) in [7, 11) is 0. The van der Waals surface area contributed by atoms with Crippen molar-refractivity contribution in [1.82, 2.24) is 29.7 Å². The fourth-order valence-corrected chi connectivity index (χ4v) is 5.04. The summed E-state index contributed by atoms with van der Waals surface area (Å²) in [5.74, 6) is 0.568. The van der Waals surface area contributed by atoms with Crippen molar-refractivity contribution in [2.45, 2.75) is 20.8 Å². The maximum Gasteiger partial charge on any atom is 0.270 e. The summed E-state index contributed by atoms with van der Waals surface area (Å²) in [5, 5.41) is 5.27. The highest BCUT2D eigenvalue weighted by molar-refractivity contribution is 7.11. The smallest absolute Gasteiger partial charge is 0.270 e. The van der Waals surface area contributed by atoms with Crippen LogP contribution < -0.4 is 5.32 Å². The molecular formula is C24H27N7OS. The standard InChI is InChI=1S/C24H27N7OS/c1-4-30-9-11-31(12-10-30)23(32)21-14-17-13-18(5-6-19(17)28-21)27-24-25-8-7-20(29-24)22-15(2)33-16(3)26-22/h5-8,13-14,28H,4,9-12H2,1-3H3,(H,25,27,29). The first-order valence-corrected chi connectivity index (χ1v) is 12.0. The quantitative estimate of drug-likeness (QED) is 0.463. The molecule has 4 heterocycles. The third-order valence-electron chi connectivity index (χ3n) is 6.02. The summed E-state index contributed by atoms with van der Waals surface area (Å²) in [4.78, 5) is 35.3. The number of carbonyl (C=O) groups excluding carboxylic acids is 1. The molecule has 170 valence electrons. The minimum absolute atomic E-state index is 0.0569. The van der Waals surface area contributed by atoms with E-state index >= 15 is 0 Å². The minimum atomic E-state index is 0.0569. The van der Waals surface area contributed by atoms with Crippen LogP contribution in [0.4, 0.5) is 11.6 Å². The van der Waals surface area contributed by atoms with Crippen LogP contribution in [0.15, 0.2) is 36.5 Å². The molecule has 0 saturated carbocycles. The van der Waals surface area contributed by atoms with Crippen LogP contribution in [0.5, 0.6) is 0 Å². The zero-order valence-corrected chi connectivity index (χ0v) is 19.9. The van der Waals surface area contributed by atoms with Crippen molar-refractivity contribution >= 4 is 39.8 Å². The zero-order chi connectivity index (χ0) is 22.9. The number of piperazine rings is 1. The van der Waals surface area contributed by atoms with Crippen LogP contribution in [0.3, 0.4) is 0 Å². The lowest BCUT2D eigenvalue weighted by Gasteiger charge is -2.33. The molecule has 1 aromatic carbocycles. The molecular weight excluding hydrogens is 434 g/mol. The number of carbonyl (C=O) groups is 1. The van der Waals surface area contributed by atoms with E-state index in [1.807, 2.05) is 42.2 Å². The summed E-state index contributed by atoms with van der Waals surface area (Å²) >= 11 is 1.66. The Labute approximate surface area is 196 Å². The van der Waals surface area contributed by atoms with Crippen LogP contribution in [0.1, 0.15) is 27.3 Å². The highest BCUT2D eigenvalue weighted by Gasteiger charge is 2.22. The van der Waals surface area contributed by atoms with E-state index in [0.717, 1.165) is 70.6 Å². The first-order chi connectivity index (χ1) is 16.0. The molecule has 0 radical (unpaired) electrons. The van der Waals surface area contributed by atoms with Gasteiger partial charge in [0.05, 0.1) is 10.7 Å². The lowest BCUT2D eigenvalue weighted by atomic mass is 10.2. The number of H-pyrrole nitrogens is 1. The van der Waals surface area contributed by atoms with Gasteiger partial charge in [0.1, 0.15) is 11.4 Å². The third-order valence-corrected chi connectivity index (χ3v) is 6.90. The van der Waals surface area contributed by atoms with Gasteiger partial charge in [-0.15, -0.1) is 11.3 Å². The molecule has 4 aromatic rings. The van der Waals surface area contributed by atoms with Gasteiger partial charge < -0.3 is 20.1 Å². The molecule has 1 aliphatic heterocycles. The summed E-state index contributed by atoms with van der Waals surface area (Å²) < 4.78 is 0. The molecule has 0 bridgehead atoms. The number of aromatic amines is 1. The number of rotatable bonds is 5. The first-order valence-electron chi connectivity index (χ1n) is 11.2. The second kappa shape index (κ2) is 8.92. The van der Waals surface area contributed by atoms with Gasteiger partial charge in [0, 0.05) is 53.8 Å². The van der Waals surface area contributed by atoms with Gasteiger partial charge >= 0.3 is 0 Å². The number of nitrogens with zero attached hydrogens (tertiary/aromatic N) is 5. The maximum atomic E-state index is 13.0. The van der Waals surface area contributed by atoms with Gasteiger partial charge in [-0.05, 0) is 50.7 Å². The van der Waals surface area contributed by atoms with Crippen LogP contribution in [0.25, 0.3) is 22.3 Å². The van der Waals surface area contributed by atoms with Crippen molar-refractivity contribution in [2.24, 2.45) is 0 Å². The van der Waals surface area contributed by atoms with Crippen molar-refractivity contribution < 1.29 is 4.79 Å². The molecule has 1 amide bonds. The van der Waals surface area contributed by atoms with Crippen LogP contribution in [-0.4, -0.2) is 68.4 Å². The average Bonchev–Trinajstić information content (AvgIpc) is 3.40. The third kappa shape index (κ3) is 4.46. The van der Waals surface area contributed by atoms with Gasteiger partial charge in [-0.1, -0.05) is 6.92 Å². The monoisotopic (exact) mass is 461 g/mol. The molecule has 5 rings (SSSR count). The number of fused-ring (bicyclic) bond motifs is 1. The van der Waals surface area contributed by atoms with Gasteiger partial charge in [0.25, 0.3) is 5.91 Å². The Morgan fingerprint density at radius 2 is 1.94 bits per heavy atom. The van der Waals surface area contributed by atoms with Gasteiger partial charge in [-0.3, -0.25) is 4.79 Å². The molecule has 2 N–H and O–H groups in total. The number of hydrogen-bond donors (Lipinski definition) is 2. The fraction of sp³-hybridized carbons (Fsp3) is 0.333. The molecule has 0 atom stereocenters. The van der Waals surface area contributed by atoms with Crippen molar-refractivity contribution in [3.05, 3.63) is 52.1 Å². The Kier molecular flexibility index (Phi) is 5.82. The number of likely N-dealkylation sites (N-methyl/N-ethyl adjacent to an activating group) is 1. The summed E-state index contributed by atoms with van der Waals surface area (Å²) in [6.07, 6.45) is 1.74. The van der Waals surface area contributed by atoms with Crippen LogP contribution in [0, 0.1) is 13.8 Å². The number of thiazole rings is 1. The SMILES string of the molecule is CCN1CCN(C(=O)c2cc3cc(Nc4nccc(-c5nc(C)sc5C)n4)ccc3[nH]2)CC1. The molecule has 1 aliphatic rings. The topological polar surface area (TPSA) is 90.0 Å². The maximum absolute atomic E-state index is 13.0. The predicted octanol–water partition coefficient (Wildman–Crippen LogP) is 4.22. The zero-order valence-electron chi connectivity index (χ0n) is 19.1. The molecule has 3 aromatic heterocycles. The Morgan fingerprint density at radius 1 is 1.12 bits per heavy atom. The van der Waals surface area contributed by atoms with Crippen molar-refractivity contribution in [3.63, 3.8) is 0 Å². The Morgan fingerprint density at radius 3 is 2.67 bits per heavy atom. The summed E-state index contributed by atoms with van der Waals surface area (Å²) in [6, 6.07) is 9.74. The van der Waals surface area contributed by atoms with E-state index in [1.165, 1.54) is 0 Å². The van der Waals surface area contributed by atoms with E-state index < -0.39 is 0 Å². The predicted molar refractivity (Wildman–Crippen MR) is 132 cm³/mol. The number of aromatic nitrogens is 4. The number of anilines is 2. The van der Waals surface area contributed by atoms with Crippen LogP contribution in [0.2, 0.25) is 0 Å². The van der Waals surface area contributed by atoms with E-state index in [1.54, 1.807) is 17.5 Å². The number of amides is 1. The van der Waals surface area contributed by atoms with E-state index in [4.69, 9.17) is 0 Å². The summed E-state index contributed by atoms with van der Waals surface area (Å²) in [5.41, 5.74) is 4.11. The van der Waals surface area contributed by atoms with Crippen LogP contribution in [-0.2, 0) is 0 Å². The van der Waals surface area contributed by atoms with Crippen molar-refractivity contribution in [2.75, 3.05) is 38.0 Å². The number of hydrogen-bond acceptors (Lipinski definition) is 7. The van der Waals surface area contributed by atoms with Gasteiger partial charge in [0.15, 0.2) is 0 Å². The molecule has 1 fully saturated rings. The average molecular weight is 462 g/mol. The molecule has 0 unspecified atom stereocenters. The second-order valence-corrected chi connectivity index (χ2v) is 9.65. The highest BCUT2D eigenvalue weighted by atomic mass is 32.1. The highest BCUT2D eigenvalue weighted by Crippen LogP contribution is 2.27. The van der Waals surface area contributed by atoms with E-state index in [0.29, 0.717) is 11.6 Å². The second-order valence-electron chi connectivity index (χ2n) is 8.24. The van der Waals surface area contributed by atoms with Crippen molar-refractivity contribution in [1.29, 1.82) is 0 Å². The Bertz CT molecular complexity index is 1300. The van der Waals surface area contributed by atoms with Crippen LogP contribution >= 0.6 is 11.3 Å². The van der Waals surface area contributed by atoms with E-state index in [-0.39, 0.29) is 5.91 Å². The largest absolute Gasteiger partial charge is 0.351 e. The minimum Gasteiger partial charge on any atom is -0.351 e. The summed E-state index contributed by atoms with van der Waals surface area (Å²) in [6.45, 7) is 10.6. The molecule has 9 heteroatoms. The van der Waals surface area contributed by atoms with E-state index in [9.17, 15) is 4.79 Å². The Balaban J connectivity index is 1.34. The number of nitrogens with one attached hydrogen (secondary N) is 2. The van der Waals surface area contributed by atoms with Gasteiger partial charge in [0.2, 0.25) is 5.95 Å². The van der Waals surface area contributed by atoms with Gasteiger partial charge in [-0.25, -0.2) is 15.0 Å². The molecule has 33 heavy (non-hydrogen) atoms. The molecule has 0 spiro atoms. The Hall–Kier alpha value is -3.30. The molecule has 0 aliphatic carbocycles. The number of benzene rings is 1. The van der Waals surface area contributed by atoms with Gasteiger partial charge in [-0.2, -0.15) is 0 Å². The fourth-order valence-electron chi connectivity index (χ4n) is 4.21. The van der Waals surface area contributed by atoms with Crippen molar-refractivity contribution in [3.8, 4) is 11.4 Å². The van der Waals surface area contributed by atoms with E-state index in [2.05, 4.69) is 44.0 Å². The molecule has 8 nitrogen and oxygen atoms in total.